The van der Waals surface area contributed by atoms with Crippen molar-refractivity contribution in [2.24, 2.45) is 7.05 Å². The Morgan fingerprint density at radius 1 is 0.946 bits per heavy atom. The topological polar surface area (TPSA) is 70.1 Å². The third kappa shape index (κ3) is 4.80. The van der Waals surface area contributed by atoms with E-state index in [1.807, 2.05) is 6.92 Å². The summed E-state index contributed by atoms with van der Waals surface area (Å²) in [6, 6.07) is 6.27. The first kappa shape index (κ1) is 24.9. The van der Waals surface area contributed by atoms with Crippen LogP contribution in [0.1, 0.15) is 12.5 Å². The summed E-state index contributed by atoms with van der Waals surface area (Å²) in [7, 11) is 1.65. The lowest BCUT2D eigenvalue weighted by atomic mass is 10.1. The van der Waals surface area contributed by atoms with Gasteiger partial charge in [-0.15, -0.1) is 24.9 Å². The Balaban J connectivity index is 1.59. The molecule has 0 atom stereocenters. The zero-order valence-electron chi connectivity index (χ0n) is 19.1. The van der Waals surface area contributed by atoms with Gasteiger partial charge in [-0.1, -0.05) is 19.1 Å². The van der Waals surface area contributed by atoms with E-state index in [1.54, 1.807) is 17.8 Å². The van der Waals surface area contributed by atoms with Gasteiger partial charge in [0.2, 0.25) is 0 Å². The highest BCUT2D eigenvalue weighted by molar-refractivity contribution is 7.99. The number of halogens is 6. The lowest BCUT2D eigenvalue weighted by Crippen LogP contribution is -2.16. The van der Waals surface area contributed by atoms with E-state index in [0.717, 1.165) is 12.3 Å². The van der Waals surface area contributed by atoms with Crippen LogP contribution in [0.25, 0.3) is 39.3 Å². The Morgan fingerprint density at radius 3 is 2.30 bits per heavy atom. The molecule has 192 valence electrons. The van der Waals surface area contributed by atoms with Crippen molar-refractivity contribution in [2.75, 3.05) is 5.75 Å². The van der Waals surface area contributed by atoms with Crippen LogP contribution in [0, 0.1) is 0 Å². The maximum atomic E-state index is 13.2. The second kappa shape index (κ2) is 8.94. The van der Waals surface area contributed by atoms with Gasteiger partial charge in [-0.2, -0.15) is 18.3 Å². The fraction of sp³-hybridized carbons (Fsp3) is 0.217. The number of benzene rings is 1. The number of rotatable bonds is 5. The zero-order chi connectivity index (χ0) is 26.5. The van der Waals surface area contributed by atoms with E-state index in [1.165, 1.54) is 46.7 Å². The molecule has 0 aliphatic carbocycles. The second-order valence-corrected chi connectivity index (χ2v) is 9.11. The van der Waals surface area contributed by atoms with Gasteiger partial charge in [0.15, 0.2) is 11.3 Å². The first-order valence-electron chi connectivity index (χ1n) is 10.7. The molecule has 0 amide bonds. The SMILES string of the molecule is CCSc1nn2cc(-c3ccc(OC(F)(F)F)cc3)cnc2c1-c1nc2cc(C(F)(F)F)cnc2n1C. The fourth-order valence-corrected chi connectivity index (χ4v) is 4.55. The van der Waals surface area contributed by atoms with Crippen molar-refractivity contribution in [1.82, 2.24) is 29.1 Å². The summed E-state index contributed by atoms with van der Waals surface area (Å²) in [6.45, 7) is 1.92. The smallest absolute Gasteiger partial charge is 0.406 e. The molecule has 1 aromatic carbocycles. The number of ether oxygens (including phenoxy) is 1. The van der Waals surface area contributed by atoms with Crippen LogP contribution in [-0.4, -0.2) is 41.2 Å². The van der Waals surface area contributed by atoms with Crippen LogP contribution in [0.4, 0.5) is 26.3 Å². The fourth-order valence-electron chi connectivity index (χ4n) is 3.80. The number of aryl methyl sites for hydroxylation is 1. The maximum Gasteiger partial charge on any atom is 0.573 e. The van der Waals surface area contributed by atoms with Crippen molar-refractivity contribution in [3.8, 4) is 28.3 Å². The van der Waals surface area contributed by atoms with Crippen molar-refractivity contribution in [3.05, 3.63) is 54.5 Å². The molecule has 0 fully saturated rings. The molecular formula is C23H16F6N6OS. The predicted molar refractivity (Wildman–Crippen MR) is 124 cm³/mol. The van der Waals surface area contributed by atoms with Gasteiger partial charge in [-0.05, 0) is 29.5 Å². The lowest BCUT2D eigenvalue weighted by Gasteiger charge is -2.09. The molecular weight excluding hydrogens is 522 g/mol. The summed E-state index contributed by atoms with van der Waals surface area (Å²) in [5.74, 6) is 0.657. The average molecular weight is 538 g/mol. The Hall–Kier alpha value is -3.81. The molecule has 0 unspecified atom stereocenters. The molecule has 4 aromatic heterocycles. The van der Waals surface area contributed by atoms with Crippen LogP contribution in [0.5, 0.6) is 5.75 Å². The lowest BCUT2D eigenvalue weighted by molar-refractivity contribution is -0.274. The van der Waals surface area contributed by atoms with Gasteiger partial charge in [-0.25, -0.2) is 19.5 Å². The van der Waals surface area contributed by atoms with Crippen LogP contribution in [0.15, 0.2) is 53.9 Å². The Kier molecular flexibility index (Phi) is 6.01. The minimum atomic E-state index is -4.79. The molecule has 0 bridgehead atoms. The van der Waals surface area contributed by atoms with Crippen molar-refractivity contribution in [3.63, 3.8) is 0 Å². The number of fused-ring (bicyclic) bond motifs is 2. The number of pyridine rings is 1. The molecule has 37 heavy (non-hydrogen) atoms. The third-order valence-corrected chi connectivity index (χ3v) is 6.25. The van der Waals surface area contributed by atoms with Gasteiger partial charge in [0.1, 0.15) is 22.1 Å². The Labute approximate surface area is 209 Å². The van der Waals surface area contributed by atoms with Gasteiger partial charge < -0.3 is 9.30 Å². The number of alkyl halides is 6. The molecule has 0 spiro atoms. The molecule has 4 heterocycles. The standard InChI is InChI=1S/C23H16F6N6OS/c1-3-37-21-17(20-32-16-8-14(22(24,25)26)10-31-18(16)34(20)2)19-30-9-13(11-35(19)33-21)12-4-6-15(7-5-12)36-23(27,28)29/h4-11H,3H2,1-2H3. The Bertz CT molecular complexity index is 1610. The molecule has 7 nitrogen and oxygen atoms in total. The second-order valence-electron chi connectivity index (χ2n) is 7.86. The summed E-state index contributed by atoms with van der Waals surface area (Å²) in [5.41, 5.74) is 1.55. The number of aromatic nitrogens is 6. The maximum absolute atomic E-state index is 13.2. The zero-order valence-corrected chi connectivity index (χ0v) is 19.9. The summed E-state index contributed by atoms with van der Waals surface area (Å²) in [4.78, 5) is 12.9. The summed E-state index contributed by atoms with van der Waals surface area (Å²) >= 11 is 1.41. The van der Waals surface area contributed by atoms with Crippen molar-refractivity contribution >= 4 is 28.6 Å². The summed E-state index contributed by atoms with van der Waals surface area (Å²) in [6.07, 6.45) is -5.39. The molecule has 0 saturated carbocycles. The summed E-state index contributed by atoms with van der Waals surface area (Å²) < 4.78 is 83.9. The van der Waals surface area contributed by atoms with E-state index in [4.69, 9.17) is 0 Å². The molecule has 0 radical (unpaired) electrons. The van der Waals surface area contributed by atoms with Crippen LogP contribution >= 0.6 is 11.8 Å². The number of imidazole rings is 1. The number of nitrogens with zero attached hydrogens (tertiary/aromatic N) is 6. The van der Waals surface area contributed by atoms with Gasteiger partial charge >= 0.3 is 12.5 Å². The van der Waals surface area contributed by atoms with E-state index in [0.29, 0.717) is 38.9 Å². The minimum absolute atomic E-state index is 0.0805. The highest BCUT2D eigenvalue weighted by Gasteiger charge is 2.32. The van der Waals surface area contributed by atoms with Crippen molar-refractivity contribution in [2.45, 2.75) is 24.5 Å². The van der Waals surface area contributed by atoms with Crippen LogP contribution < -0.4 is 4.74 Å². The number of hydrogen-bond donors (Lipinski definition) is 0. The highest BCUT2D eigenvalue weighted by Crippen LogP contribution is 2.37. The predicted octanol–water partition coefficient (Wildman–Crippen LogP) is 6.37. The first-order valence-corrected chi connectivity index (χ1v) is 11.7. The van der Waals surface area contributed by atoms with E-state index in [-0.39, 0.29) is 16.9 Å². The quantitative estimate of drug-likeness (QED) is 0.191. The first-order chi connectivity index (χ1) is 17.4. The molecule has 0 N–H and O–H groups in total. The molecule has 5 rings (SSSR count). The normalized spacial score (nSPS) is 12.5. The van der Waals surface area contributed by atoms with Crippen LogP contribution in [-0.2, 0) is 13.2 Å². The average Bonchev–Trinajstić information content (AvgIpc) is 3.34. The molecule has 0 aliphatic heterocycles. The van der Waals surface area contributed by atoms with E-state index >= 15 is 0 Å². The van der Waals surface area contributed by atoms with E-state index in [9.17, 15) is 26.3 Å². The van der Waals surface area contributed by atoms with E-state index < -0.39 is 18.1 Å². The van der Waals surface area contributed by atoms with Crippen molar-refractivity contribution < 1.29 is 31.1 Å². The number of thioether (sulfide) groups is 1. The third-order valence-electron chi connectivity index (χ3n) is 5.40. The summed E-state index contributed by atoms with van der Waals surface area (Å²) in [5, 5.41) is 5.15. The molecule has 0 aliphatic rings. The van der Waals surface area contributed by atoms with E-state index in [2.05, 4.69) is 24.8 Å². The van der Waals surface area contributed by atoms with Gasteiger partial charge in [-0.3, -0.25) is 0 Å². The van der Waals surface area contributed by atoms with Crippen LogP contribution in [0.2, 0.25) is 0 Å². The minimum Gasteiger partial charge on any atom is -0.406 e. The number of hydrogen-bond acceptors (Lipinski definition) is 6. The Morgan fingerprint density at radius 2 is 1.65 bits per heavy atom. The van der Waals surface area contributed by atoms with Gasteiger partial charge in [0.25, 0.3) is 0 Å². The van der Waals surface area contributed by atoms with Crippen LogP contribution in [0.3, 0.4) is 0 Å². The van der Waals surface area contributed by atoms with Crippen molar-refractivity contribution in [1.29, 1.82) is 0 Å². The van der Waals surface area contributed by atoms with Gasteiger partial charge in [0, 0.05) is 31.2 Å². The van der Waals surface area contributed by atoms with Gasteiger partial charge in [0.05, 0.1) is 11.1 Å². The molecule has 14 heteroatoms. The molecule has 5 aromatic rings. The molecule has 0 saturated heterocycles. The largest absolute Gasteiger partial charge is 0.573 e. The monoisotopic (exact) mass is 538 g/mol. The highest BCUT2D eigenvalue weighted by atomic mass is 32.2.